The number of aliphatic imine (C=N–C) groups is 1. The zero-order valence-corrected chi connectivity index (χ0v) is 8.67. The van der Waals surface area contributed by atoms with Gasteiger partial charge in [0.1, 0.15) is 0 Å². The van der Waals surface area contributed by atoms with Gasteiger partial charge in [0.2, 0.25) is 0 Å². The number of benzene rings is 1. The number of hydrogen-bond donors (Lipinski definition) is 1. The van der Waals surface area contributed by atoms with Crippen molar-refractivity contribution in [3.05, 3.63) is 29.3 Å². The third-order valence-corrected chi connectivity index (χ3v) is 2.05. The summed E-state index contributed by atoms with van der Waals surface area (Å²) in [4.78, 5) is 3.54. The predicted octanol–water partition coefficient (Wildman–Crippen LogP) is 3.65. The van der Waals surface area contributed by atoms with E-state index in [0.717, 1.165) is 6.07 Å². The molecule has 16 heavy (non-hydrogen) atoms. The Hall–Kier alpha value is -1.78. The largest absolute Gasteiger partial charge is 0.417 e. The van der Waals surface area contributed by atoms with Gasteiger partial charge >= 0.3 is 6.18 Å². The lowest BCUT2D eigenvalue weighted by Gasteiger charge is -2.13. The highest BCUT2D eigenvalue weighted by Crippen LogP contribution is 2.39. The minimum atomic E-state index is -4.43. The summed E-state index contributed by atoms with van der Waals surface area (Å²) in [6.07, 6.45) is -1.61. The maximum Gasteiger partial charge on any atom is 0.417 e. The average molecular weight is 228 g/mol. The first-order chi connectivity index (χ1) is 7.41. The number of nitrogens with two attached hydrogens (primary N) is 1. The van der Waals surface area contributed by atoms with Crippen molar-refractivity contribution in [2.24, 2.45) is 4.99 Å². The van der Waals surface area contributed by atoms with Crippen molar-refractivity contribution >= 4 is 24.2 Å². The molecule has 1 aromatic carbocycles. The van der Waals surface area contributed by atoms with E-state index in [1.165, 1.54) is 18.2 Å². The van der Waals surface area contributed by atoms with Crippen LogP contribution in [-0.2, 0) is 6.18 Å². The molecule has 1 aromatic rings. The van der Waals surface area contributed by atoms with E-state index in [1.807, 2.05) is 0 Å². The number of halogens is 3. The van der Waals surface area contributed by atoms with Gasteiger partial charge in [-0.05, 0) is 25.8 Å². The van der Waals surface area contributed by atoms with Crippen LogP contribution in [0.2, 0.25) is 0 Å². The van der Waals surface area contributed by atoms with E-state index in [4.69, 9.17) is 5.73 Å². The van der Waals surface area contributed by atoms with Gasteiger partial charge in [0, 0.05) is 5.56 Å². The Morgan fingerprint density at radius 3 is 2.44 bits per heavy atom. The molecule has 2 nitrogen and oxygen atoms in total. The molecule has 0 aliphatic carbocycles. The molecule has 5 heteroatoms. The van der Waals surface area contributed by atoms with Crippen molar-refractivity contribution in [1.82, 2.24) is 0 Å². The molecule has 0 fully saturated rings. The van der Waals surface area contributed by atoms with Gasteiger partial charge in [0.05, 0.1) is 16.9 Å². The van der Waals surface area contributed by atoms with E-state index in [9.17, 15) is 13.2 Å². The van der Waals surface area contributed by atoms with Crippen LogP contribution in [0.4, 0.5) is 24.5 Å². The Bertz CT molecular complexity index is 434. The molecule has 0 saturated carbocycles. The first-order valence-electron chi connectivity index (χ1n) is 4.51. The van der Waals surface area contributed by atoms with Crippen molar-refractivity contribution in [2.75, 3.05) is 5.73 Å². The number of allylic oxidation sites excluding steroid dienone is 1. The highest BCUT2D eigenvalue weighted by molar-refractivity contribution is 5.79. The van der Waals surface area contributed by atoms with Crippen LogP contribution >= 0.6 is 0 Å². The molecule has 0 heterocycles. The van der Waals surface area contributed by atoms with Crippen molar-refractivity contribution in [3.63, 3.8) is 0 Å². The quantitative estimate of drug-likeness (QED) is 0.609. The minimum absolute atomic E-state index is 0.0509. The van der Waals surface area contributed by atoms with Gasteiger partial charge < -0.3 is 5.73 Å². The van der Waals surface area contributed by atoms with Crippen LogP contribution in [0.1, 0.15) is 18.1 Å². The van der Waals surface area contributed by atoms with Gasteiger partial charge in [0.15, 0.2) is 0 Å². The van der Waals surface area contributed by atoms with Crippen molar-refractivity contribution in [1.29, 1.82) is 0 Å². The fraction of sp³-hybridized carbons (Fsp3) is 0.182. The van der Waals surface area contributed by atoms with Crippen LogP contribution in [0.25, 0.3) is 6.08 Å². The molecule has 0 aromatic heterocycles. The number of alkyl halides is 3. The third kappa shape index (κ3) is 2.24. The van der Waals surface area contributed by atoms with Gasteiger partial charge in [-0.1, -0.05) is 12.2 Å². The van der Waals surface area contributed by atoms with Crippen molar-refractivity contribution in [2.45, 2.75) is 13.1 Å². The Labute approximate surface area is 91.3 Å². The van der Waals surface area contributed by atoms with Crippen LogP contribution in [-0.4, -0.2) is 6.72 Å². The van der Waals surface area contributed by atoms with Crippen LogP contribution in [0.3, 0.4) is 0 Å². The normalized spacial score (nSPS) is 12.0. The number of nitrogen functional groups attached to an aromatic ring is 1. The molecule has 0 bridgehead atoms. The minimum Gasteiger partial charge on any atom is -0.397 e. The topological polar surface area (TPSA) is 38.4 Å². The number of nitrogens with zero attached hydrogens (tertiary/aromatic N) is 1. The van der Waals surface area contributed by atoms with E-state index in [0.29, 0.717) is 0 Å². The van der Waals surface area contributed by atoms with Gasteiger partial charge in [-0.25, -0.2) is 0 Å². The monoisotopic (exact) mass is 228 g/mol. The van der Waals surface area contributed by atoms with E-state index in [2.05, 4.69) is 11.7 Å². The number of hydrogen-bond acceptors (Lipinski definition) is 2. The summed E-state index contributed by atoms with van der Waals surface area (Å²) in [5.41, 5.74) is 4.97. The molecule has 0 amide bonds. The Morgan fingerprint density at radius 1 is 1.38 bits per heavy atom. The lowest BCUT2D eigenvalue weighted by atomic mass is 10.0. The van der Waals surface area contributed by atoms with E-state index >= 15 is 0 Å². The maximum atomic E-state index is 12.7. The highest BCUT2D eigenvalue weighted by Gasteiger charge is 2.34. The summed E-state index contributed by atoms with van der Waals surface area (Å²) in [7, 11) is 0. The van der Waals surface area contributed by atoms with E-state index < -0.39 is 11.7 Å². The van der Waals surface area contributed by atoms with Crippen LogP contribution < -0.4 is 5.73 Å². The fourth-order valence-electron chi connectivity index (χ4n) is 1.38. The van der Waals surface area contributed by atoms with Gasteiger partial charge in [0.25, 0.3) is 0 Å². The summed E-state index contributed by atoms with van der Waals surface area (Å²) >= 11 is 0. The Kier molecular flexibility index (Phi) is 3.37. The molecule has 0 aliphatic heterocycles. The van der Waals surface area contributed by atoms with Crippen LogP contribution in [0.5, 0.6) is 0 Å². The lowest BCUT2D eigenvalue weighted by Crippen LogP contribution is -2.08. The standard InChI is InChI=1S/C11H11F3N2/c1-3-4-7-8(11(12,13)14)5-6-9(15)10(7)16-2/h3-6H,2,15H2,1H3/b4-3-. The Morgan fingerprint density at radius 2 is 2.00 bits per heavy atom. The molecule has 2 N–H and O–H groups in total. The summed E-state index contributed by atoms with van der Waals surface area (Å²) in [5, 5.41) is 0. The highest BCUT2D eigenvalue weighted by atomic mass is 19.4. The Balaban J connectivity index is 3.57. The second-order valence-corrected chi connectivity index (χ2v) is 3.12. The average Bonchev–Trinajstić information content (AvgIpc) is 2.16. The molecule has 0 spiro atoms. The van der Waals surface area contributed by atoms with Gasteiger partial charge in [-0.3, -0.25) is 4.99 Å². The lowest BCUT2D eigenvalue weighted by molar-refractivity contribution is -0.137. The molecule has 86 valence electrons. The molecule has 0 aliphatic rings. The molecule has 0 saturated heterocycles. The number of anilines is 1. The molecule has 0 atom stereocenters. The molecular formula is C11H11F3N2. The van der Waals surface area contributed by atoms with Crippen LogP contribution in [0, 0.1) is 0 Å². The smallest absolute Gasteiger partial charge is 0.397 e. The van der Waals surface area contributed by atoms with Crippen LogP contribution in [0.15, 0.2) is 23.2 Å². The third-order valence-electron chi connectivity index (χ3n) is 2.05. The predicted molar refractivity (Wildman–Crippen MR) is 59.8 cm³/mol. The number of rotatable bonds is 2. The molecule has 1 rings (SSSR count). The second kappa shape index (κ2) is 4.38. The first-order valence-corrected chi connectivity index (χ1v) is 4.51. The van der Waals surface area contributed by atoms with E-state index in [1.54, 1.807) is 6.92 Å². The van der Waals surface area contributed by atoms with Crippen molar-refractivity contribution < 1.29 is 13.2 Å². The second-order valence-electron chi connectivity index (χ2n) is 3.12. The molecule has 0 radical (unpaired) electrons. The SMILES string of the molecule is C=Nc1c(N)ccc(C(F)(F)F)c1/C=C\C. The van der Waals surface area contributed by atoms with Gasteiger partial charge in [-0.2, -0.15) is 13.2 Å². The van der Waals surface area contributed by atoms with Gasteiger partial charge in [-0.15, -0.1) is 0 Å². The summed E-state index contributed by atoms with van der Waals surface area (Å²) in [5.74, 6) is 0. The van der Waals surface area contributed by atoms with E-state index in [-0.39, 0.29) is 16.9 Å². The summed E-state index contributed by atoms with van der Waals surface area (Å²) in [6, 6.07) is 2.12. The first kappa shape index (κ1) is 12.3. The van der Waals surface area contributed by atoms with Crippen molar-refractivity contribution in [3.8, 4) is 0 Å². The maximum absolute atomic E-state index is 12.7. The summed E-state index contributed by atoms with van der Waals surface area (Å²) < 4.78 is 38.0. The zero-order valence-electron chi connectivity index (χ0n) is 8.67. The zero-order chi connectivity index (χ0) is 12.3. The molecule has 0 unspecified atom stereocenters. The molecular weight excluding hydrogens is 217 g/mol. The fourth-order valence-corrected chi connectivity index (χ4v) is 1.38. The summed E-state index contributed by atoms with van der Waals surface area (Å²) in [6.45, 7) is 4.85.